The van der Waals surface area contributed by atoms with Crippen LogP contribution in [0.15, 0.2) is 29.3 Å². The van der Waals surface area contributed by atoms with Crippen LogP contribution in [-0.2, 0) is 0 Å². The quantitative estimate of drug-likeness (QED) is 0.407. The number of halogens is 2. The largest absolute Gasteiger partial charge is 0.355 e. The molecular weight excluding hydrogens is 437 g/mol. The number of piperazine rings is 1. The lowest BCUT2D eigenvalue weighted by atomic mass is 10.1. The van der Waals surface area contributed by atoms with Gasteiger partial charge >= 0.3 is 0 Å². The standard InChI is InChI=1S/C17H28ClN5.HI/c1-13(15-7-5-6-8-16(15)18)21-17(19-2)20-11-14-12-22(3)9-10-23(14)4;/h5-8,13-14H,9-12H2,1-4H3,(H2,19,20,21);1H. The number of likely N-dealkylation sites (N-methyl/N-ethyl adjacent to an activating group) is 2. The van der Waals surface area contributed by atoms with Crippen molar-refractivity contribution in [3.05, 3.63) is 34.9 Å². The van der Waals surface area contributed by atoms with E-state index in [1.165, 1.54) is 0 Å². The zero-order valence-corrected chi connectivity index (χ0v) is 18.0. The minimum absolute atomic E-state index is 0. The molecule has 1 aliphatic heterocycles. The summed E-state index contributed by atoms with van der Waals surface area (Å²) in [5.41, 5.74) is 1.08. The smallest absolute Gasteiger partial charge is 0.191 e. The molecular formula is C17H29ClIN5. The number of guanidine groups is 1. The number of aliphatic imine (C=N–C) groups is 1. The van der Waals surface area contributed by atoms with E-state index in [0.29, 0.717) is 6.04 Å². The van der Waals surface area contributed by atoms with Gasteiger partial charge in [-0.15, -0.1) is 24.0 Å². The molecule has 1 aliphatic rings. The van der Waals surface area contributed by atoms with E-state index in [0.717, 1.165) is 42.7 Å². The van der Waals surface area contributed by atoms with Crippen molar-refractivity contribution in [1.82, 2.24) is 20.4 Å². The first-order chi connectivity index (χ1) is 11.0. The number of benzene rings is 1. The third-order valence-electron chi connectivity index (χ3n) is 4.43. The van der Waals surface area contributed by atoms with Crippen molar-refractivity contribution in [1.29, 1.82) is 0 Å². The molecule has 1 aromatic carbocycles. The Kier molecular flexibility index (Phi) is 9.33. The van der Waals surface area contributed by atoms with Crippen LogP contribution in [0.3, 0.4) is 0 Å². The van der Waals surface area contributed by atoms with Crippen molar-refractivity contribution in [2.75, 3.05) is 47.3 Å². The summed E-state index contributed by atoms with van der Waals surface area (Å²) in [7, 11) is 6.15. The Bertz CT molecular complexity index is 539. The molecule has 0 saturated carbocycles. The molecule has 1 saturated heterocycles. The fourth-order valence-corrected chi connectivity index (χ4v) is 3.14. The Hall–Kier alpha value is -0.570. The van der Waals surface area contributed by atoms with Gasteiger partial charge in [0.25, 0.3) is 0 Å². The second-order valence-corrected chi connectivity index (χ2v) is 6.64. The predicted octanol–water partition coefficient (Wildman–Crippen LogP) is 2.43. The van der Waals surface area contributed by atoms with Crippen LogP contribution < -0.4 is 10.6 Å². The minimum Gasteiger partial charge on any atom is -0.355 e. The van der Waals surface area contributed by atoms with Crippen molar-refractivity contribution >= 4 is 41.5 Å². The molecule has 2 unspecified atom stereocenters. The SMILES string of the molecule is CN=C(NCC1CN(C)CCN1C)NC(C)c1ccccc1Cl.I. The van der Waals surface area contributed by atoms with Crippen LogP contribution in [0.25, 0.3) is 0 Å². The van der Waals surface area contributed by atoms with Crippen molar-refractivity contribution in [2.24, 2.45) is 4.99 Å². The number of hydrogen-bond donors (Lipinski definition) is 2. The van der Waals surface area contributed by atoms with Crippen LogP contribution in [0.2, 0.25) is 5.02 Å². The highest BCUT2D eigenvalue weighted by atomic mass is 127. The Morgan fingerprint density at radius 1 is 1.33 bits per heavy atom. The second-order valence-electron chi connectivity index (χ2n) is 6.24. The maximum Gasteiger partial charge on any atom is 0.191 e. The van der Waals surface area contributed by atoms with Gasteiger partial charge in [0, 0.05) is 44.3 Å². The van der Waals surface area contributed by atoms with Gasteiger partial charge in [0.1, 0.15) is 0 Å². The lowest BCUT2D eigenvalue weighted by Crippen LogP contribution is -2.55. The maximum absolute atomic E-state index is 6.27. The molecule has 2 rings (SSSR count). The summed E-state index contributed by atoms with van der Waals surface area (Å²) in [6.45, 7) is 6.26. The number of nitrogens with zero attached hydrogens (tertiary/aromatic N) is 3. The minimum atomic E-state index is 0. The monoisotopic (exact) mass is 465 g/mol. The molecule has 0 bridgehead atoms. The molecule has 1 fully saturated rings. The summed E-state index contributed by atoms with van der Waals surface area (Å²) in [6, 6.07) is 8.49. The maximum atomic E-state index is 6.27. The number of rotatable bonds is 4. The Morgan fingerprint density at radius 3 is 2.71 bits per heavy atom. The average molecular weight is 466 g/mol. The van der Waals surface area contributed by atoms with Crippen LogP contribution in [0.4, 0.5) is 0 Å². The van der Waals surface area contributed by atoms with Crippen molar-refractivity contribution < 1.29 is 0 Å². The van der Waals surface area contributed by atoms with Crippen molar-refractivity contribution in [2.45, 2.75) is 19.0 Å². The molecule has 1 aromatic rings. The second kappa shape index (κ2) is 10.4. The molecule has 2 N–H and O–H groups in total. The van der Waals surface area contributed by atoms with E-state index in [-0.39, 0.29) is 30.0 Å². The third-order valence-corrected chi connectivity index (χ3v) is 4.78. The normalized spacial score (nSPS) is 21.0. The zero-order chi connectivity index (χ0) is 16.8. The van der Waals surface area contributed by atoms with Gasteiger partial charge in [-0.1, -0.05) is 29.8 Å². The van der Waals surface area contributed by atoms with E-state index in [9.17, 15) is 0 Å². The van der Waals surface area contributed by atoms with Gasteiger partial charge in [0.15, 0.2) is 5.96 Å². The topological polar surface area (TPSA) is 42.9 Å². The van der Waals surface area contributed by atoms with Gasteiger partial charge in [0.2, 0.25) is 0 Å². The van der Waals surface area contributed by atoms with Gasteiger partial charge in [-0.2, -0.15) is 0 Å². The fourth-order valence-electron chi connectivity index (χ4n) is 2.84. The predicted molar refractivity (Wildman–Crippen MR) is 114 cm³/mol. The van der Waals surface area contributed by atoms with Crippen LogP contribution in [-0.4, -0.2) is 69.1 Å². The number of hydrogen-bond acceptors (Lipinski definition) is 3. The van der Waals surface area contributed by atoms with Gasteiger partial charge in [-0.3, -0.25) is 9.89 Å². The lowest BCUT2D eigenvalue weighted by Gasteiger charge is -2.38. The Morgan fingerprint density at radius 2 is 2.04 bits per heavy atom. The molecule has 5 nitrogen and oxygen atoms in total. The Labute approximate surface area is 167 Å². The highest BCUT2D eigenvalue weighted by molar-refractivity contribution is 14.0. The molecule has 136 valence electrons. The summed E-state index contributed by atoms with van der Waals surface area (Å²) < 4.78 is 0. The van der Waals surface area contributed by atoms with E-state index in [2.05, 4.69) is 46.4 Å². The van der Waals surface area contributed by atoms with Crippen LogP contribution in [0.5, 0.6) is 0 Å². The molecule has 0 radical (unpaired) electrons. The van der Waals surface area contributed by atoms with E-state index in [4.69, 9.17) is 11.6 Å². The molecule has 0 amide bonds. The van der Waals surface area contributed by atoms with Gasteiger partial charge in [0.05, 0.1) is 6.04 Å². The fraction of sp³-hybridized carbons (Fsp3) is 0.588. The van der Waals surface area contributed by atoms with E-state index in [1.54, 1.807) is 7.05 Å². The highest BCUT2D eigenvalue weighted by Gasteiger charge is 2.22. The summed E-state index contributed by atoms with van der Waals surface area (Å²) >= 11 is 6.27. The highest BCUT2D eigenvalue weighted by Crippen LogP contribution is 2.21. The third kappa shape index (κ3) is 6.06. The van der Waals surface area contributed by atoms with Crippen LogP contribution in [0.1, 0.15) is 18.5 Å². The Balaban J connectivity index is 0.00000288. The summed E-state index contributed by atoms with van der Waals surface area (Å²) in [4.78, 5) is 9.10. The summed E-state index contributed by atoms with van der Waals surface area (Å²) in [5, 5.41) is 7.62. The molecule has 0 spiro atoms. The summed E-state index contributed by atoms with van der Waals surface area (Å²) in [6.07, 6.45) is 0. The van der Waals surface area contributed by atoms with Gasteiger partial charge < -0.3 is 15.5 Å². The van der Waals surface area contributed by atoms with Crippen molar-refractivity contribution in [3.8, 4) is 0 Å². The molecule has 24 heavy (non-hydrogen) atoms. The molecule has 0 aliphatic carbocycles. The van der Waals surface area contributed by atoms with Crippen LogP contribution in [0, 0.1) is 0 Å². The van der Waals surface area contributed by atoms with Gasteiger partial charge in [-0.25, -0.2) is 0 Å². The first kappa shape index (κ1) is 21.5. The number of nitrogens with one attached hydrogen (secondary N) is 2. The lowest BCUT2D eigenvalue weighted by molar-refractivity contribution is 0.116. The summed E-state index contributed by atoms with van der Waals surface area (Å²) in [5.74, 6) is 0.805. The van der Waals surface area contributed by atoms with E-state index >= 15 is 0 Å². The van der Waals surface area contributed by atoms with Crippen molar-refractivity contribution in [3.63, 3.8) is 0 Å². The molecule has 1 heterocycles. The van der Waals surface area contributed by atoms with E-state index in [1.807, 2.05) is 24.3 Å². The van der Waals surface area contributed by atoms with Crippen LogP contribution >= 0.6 is 35.6 Å². The van der Waals surface area contributed by atoms with E-state index < -0.39 is 0 Å². The molecule has 0 aromatic heterocycles. The van der Waals surface area contributed by atoms with Gasteiger partial charge in [-0.05, 0) is 32.6 Å². The average Bonchev–Trinajstić information content (AvgIpc) is 2.54. The first-order valence-corrected chi connectivity index (χ1v) is 8.49. The zero-order valence-electron chi connectivity index (χ0n) is 14.9. The molecule has 2 atom stereocenters. The molecule has 7 heteroatoms. The first-order valence-electron chi connectivity index (χ1n) is 8.11.